The Balaban J connectivity index is 2.30. The smallest absolute Gasteiger partial charge is 0.207 e. The third-order valence-corrected chi connectivity index (χ3v) is 5.47. The van der Waals surface area contributed by atoms with Crippen LogP contribution < -0.4 is 0 Å². The van der Waals surface area contributed by atoms with Crippen LogP contribution in [0.4, 0.5) is 0 Å². The van der Waals surface area contributed by atoms with E-state index in [1.165, 1.54) is 0 Å². The molecular formula is C15H14O3S. The summed E-state index contributed by atoms with van der Waals surface area (Å²) in [7, 11) is -3.48. The number of benzene rings is 2. The summed E-state index contributed by atoms with van der Waals surface area (Å²) in [5, 5.41) is 9.18. The Hall–Kier alpha value is -1.65. The maximum absolute atomic E-state index is 12.7. The standard InChI is InChI=1S/C15H14O3S/c16-10-11-5-6-13-8-7-12-3-1-2-4-14(12)19(17,18)15(13)9-11/h1-6,9,16H,7-8,10H2. The Bertz CT molecular complexity index is 733. The van der Waals surface area contributed by atoms with Crippen molar-refractivity contribution < 1.29 is 13.5 Å². The highest BCUT2D eigenvalue weighted by Crippen LogP contribution is 2.32. The van der Waals surface area contributed by atoms with Crippen molar-refractivity contribution in [2.45, 2.75) is 29.2 Å². The molecule has 1 aliphatic heterocycles. The Morgan fingerprint density at radius 1 is 0.947 bits per heavy atom. The molecule has 0 saturated carbocycles. The van der Waals surface area contributed by atoms with E-state index in [-0.39, 0.29) is 6.61 Å². The second kappa shape index (κ2) is 4.47. The van der Waals surface area contributed by atoms with E-state index in [9.17, 15) is 13.5 Å². The van der Waals surface area contributed by atoms with E-state index in [2.05, 4.69) is 0 Å². The molecule has 0 radical (unpaired) electrons. The summed E-state index contributed by atoms with van der Waals surface area (Å²) >= 11 is 0. The van der Waals surface area contributed by atoms with Gasteiger partial charge in [-0.1, -0.05) is 30.3 Å². The molecule has 98 valence electrons. The predicted octanol–water partition coefficient (Wildman–Crippen LogP) is 2.11. The maximum Gasteiger partial charge on any atom is 0.207 e. The molecule has 0 bridgehead atoms. The molecule has 0 saturated heterocycles. The van der Waals surface area contributed by atoms with E-state index in [0.29, 0.717) is 21.8 Å². The van der Waals surface area contributed by atoms with Crippen LogP contribution in [0, 0.1) is 0 Å². The molecule has 1 heterocycles. The number of hydrogen-bond donors (Lipinski definition) is 1. The fourth-order valence-corrected chi connectivity index (χ4v) is 4.35. The lowest BCUT2D eigenvalue weighted by Crippen LogP contribution is -2.05. The minimum absolute atomic E-state index is 0.148. The first-order chi connectivity index (χ1) is 9.13. The van der Waals surface area contributed by atoms with Crippen LogP contribution in [-0.2, 0) is 29.3 Å². The number of sulfone groups is 1. The van der Waals surface area contributed by atoms with Crippen LogP contribution in [0.1, 0.15) is 16.7 Å². The van der Waals surface area contributed by atoms with Gasteiger partial charge in [-0.25, -0.2) is 8.42 Å². The van der Waals surface area contributed by atoms with Crippen LogP contribution in [-0.4, -0.2) is 13.5 Å². The lowest BCUT2D eigenvalue weighted by Gasteiger charge is -2.09. The zero-order valence-corrected chi connectivity index (χ0v) is 11.2. The van der Waals surface area contributed by atoms with Crippen molar-refractivity contribution in [2.24, 2.45) is 0 Å². The molecule has 0 fully saturated rings. The monoisotopic (exact) mass is 274 g/mol. The molecule has 2 aromatic rings. The summed E-state index contributed by atoms with van der Waals surface area (Å²) < 4.78 is 25.4. The van der Waals surface area contributed by atoms with Crippen molar-refractivity contribution in [1.82, 2.24) is 0 Å². The predicted molar refractivity (Wildman–Crippen MR) is 71.7 cm³/mol. The van der Waals surface area contributed by atoms with Gasteiger partial charge in [0.25, 0.3) is 0 Å². The Morgan fingerprint density at radius 2 is 1.63 bits per heavy atom. The minimum atomic E-state index is -3.48. The summed E-state index contributed by atoms with van der Waals surface area (Å²) in [5.41, 5.74) is 2.32. The van der Waals surface area contributed by atoms with Gasteiger partial charge in [0.15, 0.2) is 0 Å². The van der Waals surface area contributed by atoms with Crippen molar-refractivity contribution in [2.75, 3.05) is 0 Å². The molecule has 4 heteroatoms. The first-order valence-corrected chi connectivity index (χ1v) is 7.67. The molecule has 1 N–H and O–H groups in total. The number of fused-ring (bicyclic) bond motifs is 2. The van der Waals surface area contributed by atoms with E-state index < -0.39 is 9.84 Å². The molecule has 0 spiro atoms. The molecule has 0 atom stereocenters. The molecule has 3 nitrogen and oxygen atoms in total. The van der Waals surface area contributed by atoms with Crippen molar-refractivity contribution in [3.8, 4) is 0 Å². The van der Waals surface area contributed by atoms with Gasteiger partial charge < -0.3 is 5.11 Å². The van der Waals surface area contributed by atoms with Crippen molar-refractivity contribution >= 4 is 9.84 Å². The van der Waals surface area contributed by atoms with Crippen LogP contribution in [0.3, 0.4) is 0 Å². The average Bonchev–Trinajstić information content (AvgIpc) is 2.55. The SMILES string of the molecule is O=S1(=O)c2ccccc2CCc2ccc(CO)cc21. The average molecular weight is 274 g/mol. The fourth-order valence-electron chi connectivity index (χ4n) is 2.51. The lowest BCUT2D eigenvalue weighted by molar-refractivity contribution is 0.281. The van der Waals surface area contributed by atoms with Gasteiger partial charge in [-0.2, -0.15) is 0 Å². The quantitative estimate of drug-likeness (QED) is 0.866. The molecule has 19 heavy (non-hydrogen) atoms. The number of aliphatic hydroxyl groups excluding tert-OH is 1. The zero-order valence-electron chi connectivity index (χ0n) is 10.3. The van der Waals surface area contributed by atoms with E-state index in [0.717, 1.165) is 17.5 Å². The summed E-state index contributed by atoms with van der Waals surface area (Å²) in [5.74, 6) is 0. The molecule has 3 rings (SSSR count). The summed E-state index contributed by atoms with van der Waals surface area (Å²) in [4.78, 5) is 0.729. The summed E-state index contributed by atoms with van der Waals surface area (Å²) in [6.45, 7) is -0.148. The molecule has 0 aromatic heterocycles. The van der Waals surface area contributed by atoms with Gasteiger partial charge in [0.05, 0.1) is 16.4 Å². The Labute approximate surface area is 112 Å². The topological polar surface area (TPSA) is 54.4 Å². The zero-order chi connectivity index (χ0) is 13.5. The van der Waals surface area contributed by atoms with Crippen molar-refractivity contribution in [3.05, 3.63) is 59.2 Å². The maximum atomic E-state index is 12.7. The van der Waals surface area contributed by atoms with Crippen LogP contribution >= 0.6 is 0 Å². The molecule has 1 aliphatic rings. The second-order valence-corrected chi connectivity index (χ2v) is 6.60. The number of hydrogen-bond acceptors (Lipinski definition) is 3. The summed E-state index contributed by atoms with van der Waals surface area (Å²) in [6, 6.07) is 12.3. The molecule has 0 unspecified atom stereocenters. The number of aryl methyl sites for hydroxylation is 2. The largest absolute Gasteiger partial charge is 0.392 e. The van der Waals surface area contributed by atoms with E-state index in [1.54, 1.807) is 24.3 Å². The van der Waals surface area contributed by atoms with Gasteiger partial charge in [0.2, 0.25) is 9.84 Å². The molecule has 2 aromatic carbocycles. The van der Waals surface area contributed by atoms with Gasteiger partial charge >= 0.3 is 0 Å². The Kier molecular flexibility index (Phi) is 2.92. The normalized spacial score (nSPS) is 16.3. The number of aliphatic hydroxyl groups is 1. The van der Waals surface area contributed by atoms with Crippen LogP contribution in [0.5, 0.6) is 0 Å². The van der Waals surface area contributed by atoms with Crippen LogP contribution in [0.25, 0.3) is 0 Å². The van der Waals surface area contributed by atoms with Gasteiger partial charge in [-0.15, -0.1) is 0 Å². The highest BCUT2D eigenvalue weighted by molar-refractivity contribution is 7.91. The van der Waals surface area contributed by atoms with E-state index in [1.807, 2.05) is 18.2 Å². The highest BCUT2D eigenvalue weighted by Gasteiger charge is 2.27. The first-order valence-electron chi connectivity index (χ1n) is 6.18. The molecular weight excluding hydrogens is 260 g/mol. The van der Waals surface area contributed by atoms with Crippen LogP contribution in [0.2, 0.25) is 0 Å². The first kappa shape index (κ1) is 12.4. The highest BCUT2D eigenvalue weighted by atomic mass is 32.2. The van der Waals surface area contributed by atoms with Crippen LogP contribution in [0.15, 0.2) is 52.3 Å². The molecule has 0 aliphatic carbocycles. The van der Waals surface area contributed by atoms with Crippen molar-refractivity contribution in [1.29, 1.82) is 0 Å². The molecule has 0 amide bonds. The third kappa shape index (κ3) is 1.97. The number of rotatable bonds is 1. The van der Waals surface area contributed by atoms with E-state index >= 15 is 0 Å². The second-order valence-electron chi connectivity index (χ2n) is 4.71. The fraction of sp³-hybridized carbons (Fsp3) is 0.200. The van der Waals surface area contributed by atoms with Gasteiger partial charge in [0.1, 0.15) is 0 Å². The minimum Gasteiger partial charge on any atom is -0.392 e. The van der Waals surface area contributed by atoms with Gasteiger partial charge in [-0.3, -0.25) is 0 Å². The van der Waals surface area contributed by atoms with E-state index in [4.69, 9.17) is 0 Å². The summed E-state index contributed by atoms with van der Waals surface area (Å²) in [6.07, 6.45) is 1.43. The van der Waals surface area contributed by atoms with Gasteiger partial charge in [-0.05, 0) is 41.7 Å². The van der Waals surface area contributed by atoms with Crippen molar-refractivity contribution in [3.63, 3.8) is 0 Å². The Morgan fingerprint density at radius 3 is 2.37 bits per heavy atom. The van der Waals surface area contributed by atoms with Gasteiger partial charge in [0, 0.05) is 0 Å². The lowest BCUT2D eigenvalue weighted by atomic mass is 10.0. The third-order valence-electron chi connectivity index (χ3n) is 3.53.